The molecule has 0 aliphatic rings. The standard InChI is InChI=1S/C22H36N8O8/c1-10(24-4)19(35)27-11(2)20(36)30-17(12(3)31)22(38)29-15(7-13-8-25-9-26-13)21(37)28-14(18(23)34)5-6-16(32)33/h8-12,14-15,17,24,31H,5-7H2,1-4H3,(H2,23,34)(H,25,26)(H,27,35)(H,28,37)(H,29,38)(H,30,36)(H,32,33)/t10-,11-,12+,14-,15-,17-/m1/s1. The Morgan fingerprint density at radius 1 is 0.921 bits per heavy atom. The monoisotopic (exact) mass is 540 g/mol. The summed E-state index contributed by atoms with van der Waals surface area (Å²) in [7, 11) is 1.57. The Bertz CT molecular complexity index is 984. The van der Waals surface area contributed by atoms with Crippen LogP contribution in [0.2, 0.25) is 0 Å². The van der Waals surface area contributed by atoms with Gasteiger partial charge < -0.3 is 47.5 Å². The lowest BCUT2D eigenvalue weighted by atomic mass is 10.1. The molecule has 16 nitrogen and oxygen atoms in total. The average molecular weight is 541 g/mol. The van der Waals surface area contributed by atoms with E-state index in [1.165, 1.54) is 26.4 Å². The molecule has 5 amide bonds. The van der Waals surface area contributed by atoms with Crippen LogP contribution >= 0.6 is 0 Å². The lowest BCUT2D eigenvalue weighted by Gasteiger charge is -2.26. The maximum absolute atomic E-state index is 13.0. The van der Waals surface area contributed by atoms with Gasteiger partial charge in [0.05, 0.1) is 18.5 Å². The number of imidazole rings is 1. The number of hydrogen-bond acceptors (Lipinski definition) is 9. The van der Waals surface area contributed by atoms with Crippen molar-refractivity contribution in [3.8, 4) is 0 Å². The summed E-state index contributed by atoms with van der Waals surface area (Å²) in [5.41, 5.74) is 5.71. The van der Waals surface area contributed by atoms with E-state index in [-0.39, 0.29) is 12.8 Å². The minimum Gasteiger partial charge on any atom is -0.481 e. The number of aliphatic carboxylic acids is 1. The number of carboxylic acid groups (broad SMARTS) is 1. The molecule has 1 rings (SSSR count). The Morgan fingerprint density at radius 3 is 2.03 bits per heavy atom. The second-order valence-electron chi connectivity index (χ2n) is 8.71. The van der Waals surface area contributed by atoms with Crippen molar-refractivity contribution in [3.63, 3.8) is 0 Å². The Morgan fingerprint density at radius 2 is 1.53 bits per heavy atom. The minimum atomic E-state index is -1.51. The number of hydrogen-bond donors (Lipinski definition) is 9. The molecule has 16 heteroatoms. The quantitative estimate of drug-likeness (QED) is 0.0989. The van der Waals surface area contributed by atoms with Gasteiger partial charge in [-0.2, -0.15) is 0 Å². The van der Waals surface area contributed by atoms with E-state index in [4.69, 9.17) is 10.8 Å². The van der Waals surface area contributed by atoms with Gasteiger partial charge in [0.15, 0.2) is 0 Å². The lowest BCUT2D eigenvalue weighted by Crippen LogP contribution is -2.61. The van der Waals surface area contributed by atoms with E-state index in [0.29, 0.717) is 5.69 Å². The first-order valence-electron chi connectivity index (χ1n) is 11.8. The number of nitrogens with zero attached hydrogens (tertiary/aromatic N) is 1. The summed E-state index contributed by atoms with van der Waals surface area (Å²) in [6.07, 6.45) is 0.494. The number of carbonyl (C=O) groups excluding carboxylic acids is 5. The first-order chi connectivity index (χ1) is 17.8. The highest BCUT2D eigenvalue weighted by Gasteiger charge is 2.33. The topological polar surface area (TPSA) is 258 Å². The third-order valence-electron chi connectivity index (χ3n) is 5.56. The fourth-order valence-corrected chi connectivity index (χ4v) is 3.13. The molecular weight excluding hydrogens is 504 g/mol. The van der Waals surface area contributed by atoms with Crippen molar-refractivity contribution >= 4 is 35.5 Å². The fourth-order valence-electron chi connectivity index (χ4n) is 3.13. The molecule has 0 fully saturated rings. The lowest BCUT2D eigenvalue weighted by molar-refractivity contribution is -0.138. The number of amides is 5. The predicted molar refractivity (Wildman–Crippen MR) is 132 cm³/mol. The number of nitrogens with two attached hydrogens (primary N) is 1. The third-order valence-corrected chi connectivity index (χ3v) is 5.56. The smallest absolute Gasteiger partial charge is 0.303 e. The minimum absolute atomic E-state index is 0.128. The van der Waals surface area contributed by atoms with Crippen LogP contribution in [-0.2, 0) is 35.2 Å². The summed E-state index contributed by atoms with van der Waals surface area (Å²) in [6.45, 7) is 4.22. The summed E-state index contributed by atoms with van der Waals surface area (Å²) in [6, 6.07) is -5.80. The van der Waals surface area contributed by atoms with E-state index in [9.17, 15) is 33.9 Å². The van der Waals surface area contributed by atoms with Crippen molar-refractivity contribution in [2.45, 2.75) is 76.3 Å². The highest BCUT2D eigenvalue weighted by Crippen LogP contribution is 2.05. The summed E-state index contributed by atoms with van der Waals surface area (Å²) in [5, 5.41) is 31.3. The molecule has 1 aromatic rings. The van der Waals surface area contributed by atoms with Gasteiger partial charge in [0.2, 0.25) is 29.5 Å². The number of aromatic amines is 1. The number of nitrogens with one attached hydrogen (secondary N) is 6. The van der Waals surface area contributed by atoms with Gasteiger partial charge in [-0.15, -0.1) is 0 Å². The number of H-pyrrole nitrogens is 1. The van der Waals surface area contributed by atoms with Crippen LogP contribution in [0, 0.1) is 0 Å². The molecule has 0 aliphatic heterocycles. The summed E-state index contributed by atoms with van der Waals surface area (Å²) < 4.78 is 0. The zero-order chi connectivity index (χ0) is 29.0. The summed E-state index contributed by atoms with van der Waals surface area (Å²) >= 11 is 0. The molecule has 0 saturated heterocycles. The van der Waals surface area contributed by atoms with Crippen LogP contribution in [0.4, 0.5) is 0 Å². The van der Waals surface area contributed by atoms with Crippen molar-refractivity contribution in [2.75, 3.05) is 7.05 Å². The van der Waals surface area contributed by atoms with Crippen LogP contribution in [0.25, 0.3) is 0 Å². The molecule has 10 N–H and O–H groups in total. The van der Waals surface area contributed by atoms with E-state index in [1.807, 2.05) is 0 Å². The number of aromatic nitrogens is 2. The zero-order valence-electron chi connectivity index (χ0n) is 21.6. The number of aliphatic hydroxyl groups is 1. The maximum Gasteiger partial charge on any atom is 0.303 e. The fraction of sp³-hybridized carbons (Fsp3) is 0.591. The molecule has 0 bridgehead atoms. The Kier molecular flexibility index (Phi) is 12.8. The number of aliphatic hydroxyl groups excluding tert-OH is 1. The summed E-state index contributed by atoms with van der Waals surface area (Å²) in [5.74, 6) is -5.19. The summed E-state index contributed by atoms with van der Waals surface area (Å²) in [4.78, 5) is 79.9. The van der Waals surface area contributed by atoms with Gasteiger partial charge in [0, 0.05) is 24.7 Å². The van der Waals surface area contributed by atoms with E-state index < -0.39 is 78.2 Å². The second-order valence-corrected chi connectivity index (χ2v) is 8.71. The number of carbonyl (C=O) groups is 6. The van der Waals surface area contributed by atoms with Crippen LogP contribution in [0.5, 0.6) is 0 Å². The maximum atomic E-state index is 13.0. The largest absolute Gasteiger partial charge is 0.481 e. The molecule has 38 heavy (non-hydrogen) atoms. The predicted octanol–water partition coefficient (Wildman–Crippen LogP) is -3.75. The molecule has 0 radical (unpaired) electrons. The molecule has 1 aromatic heterocycles. The van der Waals surface area contributed by atoms with E-state index >= 15 is 0 Å². The molecule has 0 unspecified atom stereocenters. The van der Waals surface area contributed by atoms with E-state index in [1.54, 1.807) is 14.0 Å². The number of primary amides is 1. The molecule has 0 aromatic carbocycles. The van der Waals surface area contributed by atoms with Crippen LogP contribution in [0.3, 0.4) is 0 Å². The zero-order valence-corrected chi connectivity index (χ0v) is 21.6. The van der Waals surface area contributed by atoms with Crippen LogP contribution in [0.1, 0.15) is 39.3 Å². The van der Waals surface area contributed by atoms with Crippen molar-refractivity contribution < 1.29 is 39.0 Å². The van der Waals surface area contributed by atoms with Gasteiger partial charge in [0.25, 0.3) is 0 Å². The SMILES string of the molecule is CN[C@H](C)C(=O)N[C@H](C)C(=O)N[C@@H](C(=O)N[C@H](Cc1cnc[nH]1)C(=O)N[C@H](CCC(=O)O)C(N)=O)[C@H](C)O. The van der Waals surface area contributed by atoms with Crippen molar-refractivity contribution in [1.82, 2.24) is 36.6 Å². The van der Waals surface area contributed by atoms with Crippen molar-refractivity contribution in [3.05, 3.63) is 18.2 Å². The number of likely N-dealkylation sites (N-methyl/N-ethyl adjacent to an activating group) is 1. The van der Waals surface area contributed by atoms with E-state index in [2.05, 4.69) is 36.6 Å². The Hall–Kier alpha value is -4.05. The third kappa shape index (κ3) is 10.5. The number of carboxylic acids is 1. The van der Waals surface area contributed by atoms with Gasteiger partial charge in [-0.05, 0) is 34.2 Å². The van der Waals surface area contributed by atoms with Gasteiger partial charge in [-0.3, -0.25) is 28.8 Å². The number of rotatable bonds is 16. The highest BCUT2D eigenvalue weighted by molar-refractivity contribution is 5.96. The van der Waals surface area contributed by atoms with E-state index in [0.717, 1.165) is 0 Å². The molecule has 0 aliphatic carbocycles. The molecule has 6 atom stereocenters. The van der Waals surface area contributed by atoms with Crippen molar-refractivity contribution in [1.29, 1.82) is 0 Å². The van der Waals surface area contributed by atoms with Gasteiger partial charge in [-0.1, -0.05) is 0 Å². The van der Waals surface area contributed by atoms with Gasteiger partial charge in [-0.25, -0.2) is 4.98 Å². The molecule has 0 saturated carbocycles. The molecular formula is C22H36N8O8. The molecule has 0 spiro atoms. The Balaban J connectivity index is 3.02. The normalized spacial score (nSPS) is 15.6. The van der Waals surface area contributed by atoms with Crippen molar-refractivity contribution in [2.24, 2.45) is 5.73 Å². The van der Waals surface area contributed by atoms with Gasteiger partial charge >= 0.3 is 5.97 Å². The van der Waals surface area contributed by atoms with Crippen LogP contribution in [-0.4, -0.2) is 99.0 Å². The first-order valence-corrected chi connectivity index (χ1v) is 11.8. The average Bonchev–Trinajstić information content (AvgIpc) is 3.36. The molecule has 1 heterocycles. The van der Waals surface area contributed by atoms with Gasteiger partial charge in [0.1, 0.15) is 24.2 Å². The second kappa shape index (κ2) is 15.3. The van der Waals surface area contributed by atoms with Crippen LogP contribution in [0.15, 0.2) is 12.5 Å². The Labute approximate surface area is 218 Å². The highest BCUT2D eigenvalue weighted by atomic mass is 16.4. The van der Waals surface area contributed by atoms with Crippen LogP contribution < -0.4 is 32.3 Å². The molecule has 212 valence electrons. The first kappa shape index (κ1) is 32.0.